The number of halogens is 2. The molecule has 0 bridgehead atoms. The van der Waals surface area contributed by atoms with E-state index in [2.05, 4.69) is 10.2 Å². The van der Waals surface area contributed by atoms with Gasteiger partial charge in [-0.2, -0.15) is 0 Å². The molecule has 0 spiro atoms. The molecule has 0 aliphatic carbocycles. The first-order chi connectivity index (χ1) is 19.8. The molecule has 1 saturated heterocycles. The Morgan fingerprint density at radius 1 is 1.10 bits per heavy atom. The molecule has 1 amide bonds. The van der Waals surface area contributed by atoms with Gasteiger partial charge in [0.05, 0.1) is 25.3 Å². The molecular weight excluding hydrogens is 589 g/mol. The number of benzene rings is 3. The molecule has 1 atom stereocenters. The maximum absolute atomic E-state index is 13.6. The van der Waals surface area contributed by atoms with E-state index >= 15 is 0 Å². The smallest absolute Gasteiger partial charge is 0.301 e. The van der Waals surface area contributed by atoms with Crippen LogP contribution < -0.4 is 14.4 Å². The van der Waals surface area contributed by atoms with Crippen LogP contribution in [-0.2, 0) is 15.3 Å². The highest BCUT2D eigenvalue weighted by molar-refractivity contribution is 8.00. The minimum atomic E-state index is -1.07. The lowest BCUT2D eigenvalue weighted by atomic mass is 9.95. The van der Waals surface area contributed by atoms with E-state index in [1.165, 1.54) is 35.9 Å². The van der Waals surface area contributed by atoms with Crippen LogP contribution in [0, 0.1) is 5.82 Å². The number of nitrogens with zero attached hydrogens (tertiary/aromatic N) is 3. The Morgan fingerprint density at radius 2 is 1.85 bits per heavy atom. The number of hydrogen-bond donors (Lipinski definition) is 1. The SMILES string of the molecule is CCOc1ccc(C2/C(=C(/O)c3ccc(F)cc3)C(=O)C(=O)N2c2nnc(SCc3ccccc3Cl)s2)cc1OC. The summed E-state index contributed by atoms with van der Waals surface area (Å²) < 4.78 is 25.3. The van der Waals surface area contributed by atoms with Gasteiger partial charge < -0.3 is 14.6 Å². The highest BCUT2D eigenvalue weighted by atomic mass is 35.5. The summed E-state index contributed by atoms with van der Waals surface area (Å²) in [6, 6.07) is 16.4. The lowest BCUT2D eigenvalue weighted by Crippen LogP contribution is -2.29. The molecule has 1 fully saturated rings. The Morgan fingerprint density at radius 3 is 2.56 bits per heavy atom. The van der Waals surface area contributed by atoms with Crippen LogP contribution in [0.15, 0.2) is 76.6 Å². The van der Waals surface area contributed by atoms with Crippen molar-refractivity contribution >= 4 is 57.3 Å². The molecule has 5 rings (SSSR count). The summed E-state index contributed by atoms with van der Waals surface area (Å²) in [5.74, 6) is -1.37. The molecule has 2 heterocycles. The number of ketones is 1. The van der Waals surface area contributed by atoms with Crippen molar-refractivity contribution in [1.82, 2.24) is 10.2 Å². The van der Waals surface area contributed by atoms with Crippen molar-refractivity contribution in [2.45, 2.75) is 23.1 Å². The number of methoxy groups -OCH3 is 1. The second kappa shape index (κ2) is 12.3. The van der Waals surface area contributed by atoms with Crippen molar-refractivity contribution in [1.29, 1.82) is 0 Å². The minimum Gasteiger partial charge on any atom is -0.507 e. The minimum absolute atomic E-state index is 0.171. The van der Waals surface area contributed by atoms with Crippen LogP contribution in [0.3, 0.4) is 0 Å². The third-order valence-corrected chi connectivity index (χ3v) is 8.75. The highest BCUT2D eigenvalue weighted by Crippen LogP contribution is 2.45. The van der Waals surface area contributed by atoms with E-state index < -0.39 is 29.3 Å². The molecular formula is C29H23ClFN3O5S2. The number of anilines is 1. The van der Waals surface area contributed by atoms with Gasteiger partial charge in [-0.05, 0) is 60.5 Å². The van der Waals surface area contributed by atoms with Gasteiger partial charge in [0, 0.05) is 16.3 Å². The summed E-state index contributed by atoms with van der Waals surface area (Å²) in [4.78, 5) is 28.1. The predicted molar refractivity (Wildman–Crippen MR) is 156 cm³/mol. The Hall–Kier alpha value is -3.93. The van der Waals surface area contributed by atoms with Crippen LogP contribution in [0.1, 0.15) is 29.7 Å². The maximum Gasteiger partial charge on any atom is 0.301 e. The van der Waals surface area contributed by atoms with Crippen molar-refractivity contribution in [3.63, 3.8) is 0 Å². The molecule has 1 aliphatic rings. The van der Waals surface area contributed by atoms with Gasteiger partial charge in [-0.15, -0.1) is 10.2 Å². The van der Waals surface area contributed by atoms with Crippen molar-refractivity contribution in [2.75, 3.05) is 18.6 Å². The molecule has 1 aromatic heterocycles. The fourth-order valence-corrected chi connectivity index (χ4v) is 6.50. The van der Waals surface area contributed by atoms with E-state index in [0.29, 0.717) is 38.8 Å². The number of thioether (sulfide) groups is 1. The Kier molecular flexibility index (Phi) is 8.57. The van der Waals surface area contributed by atoms with Crippen LogP contribution in [0.5, 0.6) is 11.5 Å². The van der Waals surface area contributed by atoms with Crippen molar-refractivity contribution < 1.29 is 28.6 Å². The lowest BCUT2D eigenvalue weighted by molar-refractivity contribution is -0.132. The zero-order valence-electron chi connectivity index (χ0n) is 21.8. The second-order valence-electron chi connectivity index (χ2n) is 8.75. The maximum atomic E-state index is 13.6. The van der Waals surface area contributed by atoms with Crippen LogP contribution in [-0.4, -0.2) is 40.7 Å². The van der Waals surface area contributed by atoms with E-state index in [9.17, 15) is 19.1 Å². The summed E-state index contributed by atoms with van der Waals surface area (Å²) in [5, 5.41) is 20.5. The Labute approximate surface area is 248 Å². The average molecular weight is 612 g/mol. The number of amides is 1. The highest BCUT2D eigenvalue weighted by Gasteiger charge is 2.48. The summed E-state index contributed by atoms with van der Waals surface area (Å²) in [7, 11) is 1.48. The number of Topliss-reactive ketones (excluding diaryl/α,β-unsaturated/α-hetero) is 1. The quantitative estimate of drug-likeness (QED) is 0.0737. The lowest BCUT2D eigenvalue weighted by Gasteiger charge is -2.23. The topological polar surface area (TPSA) is 102 Å². The molecule has 1 N–H and O–H groups in total. The van der Waals surface area contributed by atoms with Crippen molar-refractivity contribution in [3.05, 3.63) is 99.8 Å². The standard InChI is InChI=1S/C29H23ClFN3O5S2/c1-3-39-21-13-10-17(14-22(21)38-2)24-23(25(35)16-8-11-19(31)12-9-16)26(36)27(37)34(24)28-32-33-29(41-28)40-15-18-6-4-5-7-20(18)30/h4-14,24,35H,3,15H2,1-2H3/b25-23-. The zero-order chi connectivity index (χ0) is 29.1. The normalized spacial score (nSPS) is 16.3. The van der Waals surface area contributed by atoms with E-state index in [-0.39, 0.29) is 16.3 Å². The summed E-state index contributed by atoms with van der Waals surface area (Å²) in [5.41, 5.74) is 1.39. The fourth-order valence-electron chi connectivity index (χ4n) is 4.35. The van der Waals surface area contributed by atoms with Gasteiger partial charge in [-0.25, -0.2) is 4.39 Å². The number of ether oxygens (including phenoxy) is 2. The number of rotatable bonds is 9. The van der Waals surface area contributed by atoms with E-state index in [4.69, 9.17) is 21.1 Å². The molecule has 0 saturated carbocycles. The third-order valence-electron chi connectivity index (χ3n) is 6.28. The fraction of sp³-hybridized carbons (Fsp3) is 0.172. The van der Waals surface area contributed by atoms with Crippen LogP contribution >= 0.6 is 34.7 Å². The molecule has 41 heavy (non-hydrogen) atoms. The van der Waals surface area contributed by atoms with Crippen LogP contribution in [0.2, 0.25) is 5.02 Å². The molecule has 1 aliphatic heterocycles. The van der Waals surface area contributed by atoms with E-state index in [1.807, 2.05) is 25.1 Å². The number of aliphatic hydroxyl groups is 1. The third kappa shape index (κ3) is 5.79. The Balaban J connectivity index is 1.58. The molecule has 4 aromatic rings. The number of hydrogen-bond acceptors (Lipinski definition) is 9. The van der Waals surface area contributed by atoms with Crippen LogP contribution in [0.25, 0.3) is 5.76 Å². The summed E-state index contributed by atoms with van der Waals surface area (Å²) >= 11 is 8.80. The average Bonchev–Trinajstić information content (AvgIpc) is 3.55. The predicted octanol–water partition coefficient (Wildman–Crippen LogP) is 6.66. The first kappa shape index (κ1) is 28.6. The first-order valence-electron chi connectivity index (χ1n) is 12.4. The van der Waals surface area contributed by atoms with Gasteiger partial charge in [0.25, 0.3) is 5.78 Å². The molecule has 12 heteroatoms. The van der Waals surface area contributed by atoms with Gasteiger partial charge in [0.15, 0.2) is 15.8 Å². The number of carbonyl (C=O) groups is 2. The van der Waals surface area contributed by atoms with Crippen molar-refractivity contribution in [3.8, 4) is 11.5 Å². The van der Waals surface area contributed by atoms with E-state index in [0.717, 1.165) is 29.0 Å². The molecule has 1 unspecified atom stereocenters. The number of carbonyl (C=O) groups excluding carboxylic acids is 2. The summed E-state index contributed by atoms with van der Waals surface area (Å²) in [6.45, 7) is 2.24. The van der Waals surface area contributed by atoms with Gasteiger partial charge in [0.1, 0.15) is 11.6 Å². The molecule has 8 nitrogen and oxygen atoms in total. The van der Waals surface area contributed by atoms with Gasteiger partial charge >= 0.3 is 5.91 Å². The zero-order valence-corrected chi connectivity index (χ0v) is 24.2. The van der Waals surface area contributed by atoms with Gasteiger partial charge in [0.2, 0.25) is 5.13 Å². The first-order valence-corrected chi connectivity index (χ1v) is 14.6. The van der Waals surface area contributed by atoms with Gasteiger partial charge in [-0.1, -0.05) is 59.0 Å². The largest absolute Gasteiger partial charge is 0.507 e. The second-order valence-corrected chi connectivity index (χ2v) is 11.3. The molecule has 3 aromatic carbocycles. The summed E-state index contributed by atoms with van der Waals surface area (Å²) in [6.07, 6.45) is 0. The number of aromatic nitrogens is 2. The Bertz CT molecular complexity index is 1640. The van der Waals surface area contributed by atoms with E-state index in [1.54, 1.807) is 24.3 Å². The van der Waals surface area contributed by atoms with Gasteiger partial charge in [-0.3, -0.25) is 14.5 Å². The monoisotopic (exact) mass is 611 g/mol. The molecule has 0 radical (unpaired) electrons. The van der Waals surface area contributed by atoms with Crippen LogP contribution in [0.4, 0.5) is 9.52 Å². The number of aliphatic hydroxyl groups excluding tert-OH is 1. The molecule has 210 valence electrons. The van der Waals surface area contributed by atoms with Crippen molar-refractivity contribution in [2.24, 2.45) is 0 Å².